The number of hydrogen-bond donors (Lipinski definition) is 0. The minimum absolute atomic E-state index is 0.247. The average Bonchev–Trinajstić information content (AvgIpc) is 2.32. The fraction of sp³-hybridized carbons (Fsp3) is 0.400. The standard InChI is InChI=1S/C5H5F2NO2S2/c6-4(7)3-12(9,10)5-8-1-2-11-5/h1-2,4H,3H2. The van der Waals surface area contributed by atoms with Crippen LogP contribution in [-0.4, -0.2) is 25.6 Å². The van der Waals surface area contributed by atoms with Gasteiger partial charge in [-0.1, -0.05) is 0 Å². The van der Waals surface area contributed by atoms with E-state index in [1.54, 1.807) is 0 Å². The van der Waals surface area contributed by atoms with E-state index >= 15 is 0 Å². The van der Waals surface area contributed by atoms with Crippen molar-refractivity contribution in [2.45, 2.75) is 10.8 Å². The van der Waals surface area contributed by atoms with Gasteiger partial charge in [-0.15, -0.1) is 11.3 Å². The predicted octanol–water partition coefficient (Wildman–Crippen LogP) is 1.18. The first-order chi connectivity index (χ1) is 5.52. The van der Waals surface area contributed by atoms with Crippen LogP contribution in [0.1, 0.15) is 0 Å². The number of nitrogens with zero attached hydrogens (tertiary/aromatic N) is 1. The molecule has 0 aliphatic carbocycles. The van der Waals surface area contributed by atoms with E-state index in [2.05, 4.69) is 4.98 Å². The van der Waals surface area contributed by atoms with Gasteiger partial charge in [0.1, 0.15) is 5.75 Å². The van der Waals surface area contributed by atoms with Crippen LogP contribution in [0.2, 0.25) is 0 Å². The summed E-state index contributed by atoms with van der Waals surface area (Å²) in [5.74, 6) is -1.15. The fourth-order valence-corrected chi connectivity index (χ4v) is 2.61. The zero-order valence-corrected chi connectivity index (χ0v) is 7.41. The third-order valence-corrected chi connectivity index (χ3v) is 3.96. The molecule has 1 aromatic heterocycles. The number of rotatable bonds is 3. The first-order valence-corrected chi connectivity index (χ1v) is 5.46. The smallest absolute Gasteiger partial charge is 0.234 e. The van der Waals surface area contributed by atoms with Gasteiger partial charge in [0.15, 0.2) is 0 Å². The molecule has 1 aromatic rings. The van der Waals surface area contributed by atoms with Crippen LogP contribution < -0.4 is 0 Å². The zero-order valence-electron chi connectivity index (χ0n) is 5.78. The van der Waals surface area contributed by atoms with Crippen molar-refractivity contribution in [2.75, 3.05) is 5.75 Å². The summed E-state index contributed by atoms with van der Waals surface area (Å²) in [6.07, 6.45) is -1.58. The molecule has 1 rings (SSSR count). The van der Waals surface area contributed by atoms with E-state index in [1.807, 2.05) is 0 Å². The second kappa shape index (κ2) is 3.44. The van der Waals surface area contributed by atoms with E-state index in [1.165, 1.54) is 11.6 Å². The van der Waals surface area contributed by atoms with Crippen LogP contribution in [0.3, 0.4) is 0 Å². The lowest BCUT2D eigenvalue weighted by atomic mass is 10.9. The van der Waals surface area contributed by atoms with Gasteiger partial charge in [-0.05, 0) is 0 Å². The minimum atomic E-state index is -3.86. The SMILES string of the molecule is O=S(=O)(CC(F)F)c1nccs1. The number of halogens is 2. The van der Waals surface area contributed by atoms with Gasteiger partial charge in [-0.2, -0.15) is 0 Å². The van der Waals surface area contributed by atoms with E-state index in [-0.39, 0.29) is 4.34 Å². The number of sulfone groups is 1. The molecule has 0 N–H and O–H groups in total. The van der Waals surface area contributed by atoms with Crippen molar-refractivity contribution < 1.29 is 17.2 Å². The predicted molar refractivity (Wildman–Crippen MR) is 40.2 cm³/mol. The molecule has 0 unspecified atom stereocenters. The summed E-state index contributed by atoms with van der Waals surface area (Å²) in [5.41, 5.74) is 0. The Bertz CT molecular complexity index is 332. The molecule has 7 heteroatoms. The summed E-state index contributed by atoms with van der Waals surface area (Å²) in [7, 11) is -3.86. The Hall–Kier alpha value is -0.560. The molecule has 0 aliphatic rings. The van der Waals surface area contributed by atoms with Crippen LogP contribution in [0.4, 0.5) is 8.78 Å². The van der Waals surface area contributed by atoms with E-state index in [0.29, 0.717) is 0 Å². The lowest BCUT2D eigenvalue weighted by Gasteiger charge is -1.97. The topological polar surface area (TPSA) is 47.0 Å². The fourth-order valence-electron chi connectivity index (χ4n) is 0.601. The highest BCUT2D eigenvalue weighted by Gasteiger charge is 2.22. The van der Waals surface area contributed by atoms with Crippen molar-refractivity contribution >= 4 is 21.2 Å². The molecule has 0 aliphatic heterocycles. The van der Waals surface area contributed by atoms with Crippen LogP contribution in [0.5, 0.6) is 0 Å². The van der Waals surface area contributed by atoms with Gasteiger partial charge < -0.3 is 0 Å². The molecular weight excluding hydrogens is 208 g/mol. The van der Waals surface area contributed by atoms with Gasteiger partial charge in [0.2, 0.25) is 14.2 Å². The summed E-state index contributed by atoms with van der Waals surface area (Å²) < 4.78 is 45.1. The largest absolute Gasteiger partial charge is 0.252 e. The van der Waals surface area contributed by atoms with Crippen molar-refractivity contribution in [3.8, 4) is 0 Å². The van der Waals surface area contributed by atoms with Crippen molar-refractivity contribution in [3.63, 3.8) is 0 Å². The summed E-state index contributed by atoms with van der Waals surface area (Å²) in [5, 5.41) is 1.43. The maximum Gasteiger partial charge on any atom is 0.252 e. The normalized spacial score (nSPS) is 12.2. The summed E-state index contributed by atoms with van der Waals surface area (Å²) in [6.45, 7) is 0. The quantitative estimate of drug-likeness (QED) is 0.757. The van der Waals surface area contributed by atoms with Crippen molar-refractivity contribution in [1.82, 2.24) is 4.98 Å². The van der Waals surface area contributed by atoms with E-state index in [9.17, 15) is 17.2 Å². The number of hydrogen-bond acceptors (Lipinski definition) is 4. The molecule has 0 amide bonds. The Kier molecular flexibility index (Phi) is 2.73. The Labute approximate surface area is 72.0 Å². The third kappa shape index (κ3) is 2.21. The van der Waals surface area contributed by atoms with E-state index in [0.717, 1.165) is 11.3 Å². The van der Waals surface area contributed by atoms with Crippen LogP contribution in [0, 0.1) is 0 Å². The second-order valence-corrected chi connectivity index (χ2v) is 5.07. The van der Waals surface area contributed by atoms with E-state index in [4.69, 9.17) is 0 Å². The number of thiazole rings is 1. The summed E-state index contributed by atoms with van der Waals surface area (Å²) in [6, 6.07) is 0. The molecule has 0 fully saturated rings. The molecule has 0 bridgehead atoms. The lowest BCUT2D eigenvalue weighted by Crippen LogP contribution is -2.13. The molecule has 0 radical (unpaired) electrons. The van der Waals surface area contributed by atoms with Crippen LogP contribution in [-0.2, 0) is 9.84 Å². The maximum absolute atomic E-state index is 11.7. The lowest BCUT2D eigenvalue weighted by molar-refractivity contribution is 0.174. The zero-order chi connectivity index (χ0) is 9.19. The molecule has 0 spiro atoms. The highest BCUT2D eigenvalue weighted by Crippen LogP contribution is 2.15. The highest BCUT2D eigenvalue weighted by atomic mass is 32.2. The Balaban J connectivity index is 2.88. The van der Waals surface area contributed by atoms with Gasteiger partial charge in [-0.3, -0.25) is 0 Å². The second-order valence-electron chi connectivity index (χ2n) is 1.97. The first kappa shape index (κ1) is 9.53. The molecule has 0 aromatic carbocycles. The van der Waals surface area contributed by atoms with Gasteiger partial charge in [-0.25, -0.2) is 22.2 Å². The van der Waals surface area contributed by atoms with E-state index < -0.39 is 22.0 Å². The number of aromatic nitrogens is 1. The monoisotopic (exact) mass is 213 g/mol. The number of alkyl halides is 2. The maximum atomic E-state index is 11.7. The Morgan fingerprint density at radius 2 is 2.25 bits per heavy atom. The summed E-state index contributed by atoms with van der Waals surface area (Å²) in [4.78, 5) is 3.44. The molecule has 1 heterocycles. The van der Waals surface area contributed by atoms with Gasteiger partial charge in [0, 0.05) is 11.6 Å². The third-order valence-electron chi connectivity index (χ3n) is 1.02. The first-order valence-electron chi connectivity index (χ1n) is 2.93. The van der Waals surface area contributed by atoms with Crippen LogP contribution >= 0.6 is 11.3 Å². The Morgan fingerprint density at radius 1 is 1.58 bits per heavy atom. The molecule has 0 atom stereocenters. The highest BCUT2D eigenvalue weighted by molar-refractivity contribution is 7.93. The molecular formula is C5H5F2NO2S2. The van der Waals surface area contributed by atoms with Gasteiger partial charge >= 0.3 is 0 Å². The minimum Gasteiger partial charge on any atom is -0.234 e. The molecule has 0 saturated heterocycles. The van der Waals surface area contributed by atoms with Crippen molar-refractivity contribution in [2.24, 2.45) is 0 Å². The van der Waals surface area contributed by atoms with Crippen molar-refractivity contribution in [1.29, 1.82) is 0 Å². The van der Waals surface area contributed by atoms with Gasteiger partial charge in [0.05, 0.1) is 0 Å². The summed E-state index contributed by atoms with van der Waals surface area (Å²) >= 11 is 0.839. The van der Waals surface area contributed by atoms with Crippen molar-refractivity contribution in [3.05, 3.63) is 11.6 Å². The molecule has 3 nitrogen and oxygen atoms in total. The molecule has 68 valence electrons. The molecule has 12 heavy (non-hydrogen) atoms. The average molecular weight is 213 g/mol. The Morgan fingerprint density at radius 3 is 2.67 bits per heavy atom. The molecule has 0 saturated carbocycles. The van der Waals surface area contributed by atoms with Crippen LogP contribution in [0.15, 0.2) is 15.9 Å². The van der Waals surface area contributed by atoms with Crippen LogP contribution in [0.25, 0.3) is 0 Å². The van der Waals surface area contributed by atoms with Gasteiger partial charge in [0.25, 0.3) is 6.43 Å².